The van der Waals surface area contributed by atoms with Gasteiger partial charge in [0.05, 0.1) is 17.8 Å². The first-order chi connectivity index (χ1) is 11.5. The number of nitrogens with zero attached hydrogens (tertiary/aromatic N) is 3. The Labute approximate surface area is 141 Å². The van der Waals surface area contributed by atoms with E-state index in [4.69, 9.17) is 0 Å². The number of carbonyl (C=O) groups excluding carboxylic acids is 1. The van der Waals surface area contributed by atoms with Crippen LogP contribution >= 0.6 is 0 Å². The second kappa shape index (κ2) is 6.20. The number of hydrogen-bond donors (Lipinski definition) is 2. The van der Waals surface area contributed by atoms with Crippen molar-refractivity contribution in [1.29, 1.82) is 0 Å². The molecular formula is C18H22N4O2. The van der Waals surface area contributed by atoms with Crippen LogP contribution in [0.1, 0.15) is 37.9 Å². The SMILES string of the molecule is CC(=O)N1C(C)CNC(c2ccccc2O)C1(C)c1ccnnc1. The first kappa shape index (κ1) is 16.4. The van der Waals surface area contributed by atoms with Gasteiger partial charge in [-0.3, -0.25) is 4.79 Å². The fourth-order valence-electron chi connectivity index (χ4n) is 3.85. The van der Waals surface area contributed by atoms with E-state index < -0.39 is 5.54 Å². The Kier molecular flexibility index (Phi) is 4.24. The first-order valence-electron chi connectivity index (χ1n) is 8.04. The molecule has 0 radical (unpaired) electrons. The number of phenols is 1. The molecule has 1 aliphatic heterocycles. The molecule has 1 fully saturated rings. The third-order valence-corrected chi connectivity index (χ3v) is 4.88. The molecule has 1 aromatic carbocycles. The molecule has 1 saturated heterocycles. The predicted molar refractivity (Wildman–Crippen MR) is 90.2 cm³/mol. The zero-order valence-corrected chi connectivity index (χ0v) is 14.1. The van der Waals surface area contributed by atoms with Gasteiger partial charge in [0.1, 0.15) is 5.75 Å². The molecule has 2 heterocycles. The van der Waals surface area contributed by atoms with Gasteiger partial charge in [0.15, 0.2) is 0 Å². The maximum absolute atomic E-state index is 12.5. The van der Waals surface area contributed by atoms with Gasteiger partial charge in [0, 0.05) is 36.8 Å². The van der Waals surface area contributed by atoms with Crippen molar-refractivity contribution in [3.63, 3.8) is 0 Å². The van der Waals surface area contributed by atoms with Crippen molar-refractivity contribution >= 4 is 5.91 Å². The zero-order valence-electron chi connectivity index (χ0n) is 14.1. The molecule has 6 nitrogen and oxygen atoms in total. The lowest BCUT2D eigenvalue weighted by molar-refractivity contribution is -0.143. The fraction of sp³-hybridized carbons (Fsp3) is 0.389. The first-order valence-corrected chi connectivity index (χ1v) is 8.04. The summed E-state index contributed by atoms with van der Waals surface area (Å²) in [5, 5.41) is 21.7. The fourth-order valence-corrected chi connectivity index (χ4v) is 3.85. The van der Waals surface area contributed by atoms with E-state index in [0.717, 1.165) is 11.1 Å². The van der Waals surface area contributed by atoms with Gasteiger partial charge in [-0.15, -0.1) is 0 Å². The van der Waals surface area contributed by atoms with Crippen LogP contribution in [0.3, 0.4) is 0 Å². The lowest BCUT2D eigenvalue weighted by atomic mass is 9.77. The summed E-state index contributed by atoms with van der Waals surface area (Å²) in [7, 11) is 0. The van der Waals surface area contributed by atoms with Crippen LogP contribution in [0.4, 0.5) is 0 Å². The summed E-state index contributed by atoms with van der Waals surface area (Å²) in [6, 6.07) is 8.85. The highest BCUT2D eigenvalue weighted by molar-refractivity contribution is 5.75. The number of carbonyl (C=O) groups is 1. The summed E-state index contributed by atoms with van der Waals surface area (Å²) in [5.74, 6) is 0.199. The van der Waals surface area contributed by atoms with E-state index in [1.54, 1.807) is 31.5 Å². The van der Waals surface area contributed by atoms with Crippen molar-refractivity contribution < 1.29 is 9.90 Å². The Bertz CT molecular complexity index is 737. The summed E-state index contributed by atoms with van der Waals surface area (Å²) >= 11 is 0. The third-order valence-electron chi connectivity index (χ3n) is 4.88. The number of piperazine rings is 1. The Morgan fingerprint density at radius 3 is 2.71 bits per heavy atom. The van der Waals surface area contributed by atoms with Crippen LogP contribution in [-0.2, 0) is 10.3 Å². The number of amides is 1. The van der Waals surface area contributed by atoms with Gasteiger partial charge < -0.3 is 15.3 Å². The quantitative estimate of drug-likeness (QED) is 0.882. The minimum atomic E-state index is -0.696. The van der Waals surface area contributed by atoms with Gasteiger partial charge in [0.2, 0.25) is 5.91 Å². The smallest absolute Gasteiger partial charge is 0.220 e. The van der Waals surface area contributed by atoms with E-state index >= 15 is 0 Å². The molecule has 0 aliphatic carbocycles. The average Bonchev–Trinajstić information content (AvgIpc) is 2.56. The van der Waals surface area contributed by atoms with Gasteiger partial charge in [0.25, 0.3) is 0 Å². The van der Waals surface area contributed by atoms with E-state index in [1.165, 1.54) is 0 Å². The standard InChI is InChI=1S/C18H22N4O2/c1-12-10-19-17(15-6-4-5-7-16(15)24)18(3,22(12)13(2)23)14-8-9-20-21-11-14/h4-9,11-12,17,19,24H,10H2,1-3H3. The molecule has 2 N–H and O–H groups in total. The van der Waals surface area contributed by atoms with Crippen LogP contribution in [0.15, 0.2) is 42.7 Å². The van der Waals surface area contributed by atoms with Gasteiger partial charge in [-0.25, -0.2) is 0 Å². The molecule has 1 aliphatic rings. The van der Waals surface area contributed by atoms with Crippen LogP contribution in [0.2, 0.25) is 0 Å². The van der Waals surface area contributed by atoms with Crippen LogP contribution in [0.25, 0.3) is 0 Å². The highest BCUT2D eigenvalue weighted by Crippen LogP contribution is 2.45. The van der Waals surface area contributed by atoms with Crippen LogP contribution in [0, 0.1) is 0 Å². The van der Waals surface area contributed by atoms with E-state index in [0.29, 0.717) is 6.54 Å². The molecule has 126 valence electrons. The predicted octanol–water partition coefficient (Wildman–Crippen LogP) is 1.98. The summed E-state index contributed by atoms with van der Waals surface area (Å²) in [6.45, 7) is 6.25. The number of para-hydroxylation sites is 1. The van der Waals surface area contributed by atoms with Gasteiger partial charge in [-0.05, 0) is 26.0 Å². The number of benzene rings is 1. The Hall–Kier alpha value is -2.47. The normalized spacial score (nSPS) is 27.0. The van der Waals surface area contributed by atoms with Crippen LogP contribution in [0.5, 0.6) is 5.75 Å². The highest BCUT2D eigenvalue weighted by atomic mass is 16.3. The maximum Gasteiger partial charge on any atom is 0.220 e. The van der Waals surface area contributed by atoms with Crippen LogP contribution in [-0.4, -0.2) is 38.7 Å². The second-order valence-corrected chi connectivity index (χ2v) is 6.42. The molecule has 1 amide bonds. The number of aromatic hydroxyl groups is 1. The molecule has 0 bridgehead atoms. The van der Waals surface area contributed by atoms with Crippen molar-refractivity contribution in [2.75, 3.05) is 6.54 Å². The molecule has 6 heteroatoms. The molecule has 0 saturated carbocycles. The van der Waals surface area contributed by atoms with E-state index in [9.17, 15) is 9.90 Å². The Morgan fingerprint density at radius 1 is 1.33 bits per heavy atom. The monoisotopic (exact) mass is 326 g/mol. The molecule has 3 rings (SSSR count). The van der Waals surface area contributed by atoms with E-state index in [-0.39, 0.29) is 23.7 Å². The van der Waals surface area contributed by atoms with Crippen molar-refractivity contribution in [3.05, 3.63) is 53.9 Å². The highest BCUT2D eigenvalue weighted by Gasteiger charge is 2.49. The number of phenolic OH excluding ortho intramolecular Hbond substituents is 1. The molecule has 3 atom stereocenters. The summed E-state index contributed by atoms with van der Waals surface area (Å²) in [4.78, 5) is 14.3. The molecule has 24 heavy (non-hydrogen) atoms. The molecule has 0 spiro atoms. The largest absolute Gasteiger partial charge is 0.508 e. The maximum atomic E-state index is 12.5. The van der Waals surface area contributed by atoms with Crippen molar-refractivity contribution in [2.24, 2.45) is 0 Å². The second-order valence-electron chi connectivity index (χ2n) is 6.42. The number of hydrogen-bond acceptors (Lipinski definition) is 5. The number of rotatable bonds is 2. The average molecular weight is 326 g/mol. The molecule has 1 aromatic heterocycles. The zero-order chi connectivity index (χ0) is 17.3. The Morgan fingerprint density at radius 2 is 2.08 bits per heavy atom. The summed E-state index contributed by atoms with van der Waals surface area (Å²) in [6.07, 6.45) is 3.31. The molecular weight excluding hydrogens is 304 g/mol. The molecule has 2 aromatic rings. The topological polar surface area (TPSA) is 78.4 Å². The van der Waals surface area contributed by atoms with Crippen molar-refractivity contribution in [1.82, 2.24) is 20.4 Å². The Balaban J connectivity index is 2.20. The summed E-state index contributed by atoms with van der Waals surface area (Å²) < 4.78 is 0. The third kappa shape index (κ3) is 2.53. The summed E-state index contributed by atoms with van der Waals surface area (Å²) in [5.41, 5.74) is 0.938. The minimum Gasteiger partial charge on any atom is -0.508 e. The van der Waals surface area contributed by atoms with Crippen molar-refractivity contribution in [2.45, 2.75) is 38.4 Å². The van der Waals surface area contributed by atoms with Crippen LogP contribution < -0.4 is 5.32 Å². The lowest BCUT2D eigenvalue weighted by Crippen LogP contribution is -2.64. The molecule has 3 unspecified atom stereocenters. The lowest BCUT2D eigenvalue weighted by Gasteiger charge is -2.53. The van der Waals surface area contributed by atoms with Gasteiger partial charge >= 0.3 is 0 Å². The van der Waals surface area contributed by atoms with Gasteiger partial charge in [-0.1, -0.05) is 18.2 Å². The van der Waals surface area contributed by atoms with E-state index in [1.807, 2.05) is 36.9 Å². The number of aromatic nitrogens is 2. The number of nitrogens with one attached hydrogen (secondary N) is 1. The van der Waals surface area contributed by atoms with E-state index in [2.05, 4.69) is 15.5 Å². The minimum absolute atomic E-state index is 0.0104. The van der Waals surface area contributed by atoms with Crippen molar-refractivity contribution in [3.8, 4) is 5.75 Å². The van der Waals surface area contributed by atoms with Gasteiger partial charge in [-0.2, -0.15) is 10.2 Å².